The summed E-state index contributed by atoms with van der Waals surface area (Å²) in [6, 6.07) is 6.85. The van der Waals surface area contributed by atoms with Crippen molar-refractivity contribution in [2.45, 2.75) is 11.4 Å². The van der Waals surface area contributed by atoms with Gasteiger partial charge in [-0.15, -0.1) is 0 Å². The van der Waals surface area contributed by atoms with Crippen molar-refractivity contribution < 1.29 is 12.8 Å². The van der Waals surface area contributed by atoms with Crippen LogP contribution in [0.15, 0.2) is 46.1 Å². The second-order valence-corrected chi connectivity index (χ2v) is 7.08. The average molecular weight is 309 g/mol. The molecule has 7 heteroatoms. The van der Waals surface area contributed by atoms with E-state index in [9.17, 15) is 8.42 Å². The number of hydrogen-bond acceptors (Lipinski definition) is 5. The van der Waals surface area contributed by atoms with Gasteiger partial charge in [-0.2, -0.15) is 0 Å². The minimum Gasteiger partial charge on any atom is -0.472 e. The third-order valence-electron chi connectivity index (χ3n) is 3.21. The normalized spacial score (nSPS) is 11.8. The number of nitrogens with two attached hydrogens (primary N) is 1. The summed E-state index contributed by atoms with van der Waals surface area (Å²) in [5, 5.41) is 0. The Morgan fingerprint density at radius 3 is 2.48 bits per heavy atom. The lowest BCUT2D eigenvalue weighted by atomic mass is 10.2. The SMILES string of the molecule is CN(Cc1ccoc1)c1cccc(S(=O)(=O)N(C)C)c1N. The van der Waals surface area contributed by atoms with E-state index in [0.29, 0.717) is 12.2 Å². The number of nitrogens with zero attached hydrogens (tertiary/aromatic N) is 2. The predicted molar refractivity (Wildman–Crippen MR) is 82.5 cm³/mol. The minimum absolute atomic E-state index is 0.115. The topological polar surface area (TPSA) is 79.8 Å². The van der Waals surface area contributed by atoms with E-state index in [4.69, 9.17) is 10.2 Å². The molecule has 1 aromatic heterocycles. The molecular formula is C14H19N3O3S. The van der Waals surface area contributed by atoms with Gasteiger partial charge in [0.25, 0.3) is 0 Å². The highest BCUT2D eigenvalue weighted by Crippen LogP contribution is 2.31. The molecule has 0 amide bonds. The van der Waals surface area contributed by atoms with E-state index in [1.54, 1.807) is 24.7 Å². The van der Waals surface area contributed by atoms with Gasteiger partial charge in [0.2, 0.25) is 10.0 Å². The smallest absolute Gasteiger partial charge is 0.244 e. The molecule has 2 N–H and O–H groups in total. The molecule has 6 nitrogen and oxygen atoms in total. The molecule has 0 saturated carbocycles. The van der Waals surface area contributed by atoms with Gasteiger partial charge in [0.1, 0.15) is 4.90 Å². The van der Waals surface area contributed by atoms with Crippen LogP contribution in [0.1, 0.15) is 5.56 Å². The standard InChI is InChI=1S/C14H19N3O3S/c1-16(2)21(18,19)13-6-4-5-12(14(13)15)17(3)9-11-7-8-20-10-11/h4-8,10H,9,15H2,1-3H3. The molecule has 0 saturated heterocycles. The van der Waals surface area contributed by atoms with Crippen LogP contribution in [0.4, 0.5) is 11.4 Å². The summed E-state index contributed by atoms with van der Waals surface area (Å²) < 4.78 is 30.7. The monoisotopic (exact) mass is 309 g/mol. The van der Waals surface area contributed by atoms with Crippen LogP contribution in [0.5, 0.6) is 0 Å². The molecule has 0 atom stereocenters. The lowest BCUT2D eigenvalue weighted by Crippen LogP contribution is -2.24. The van der Waals surface area contributed by atoms with E-state index < -0.39 is 10.0 Å². The number of hydrogen-bond donors (Lipinski definition) is 1. The first-order valence-corrected chi connectivity index (χ1v) is 7.81. The summed E-state index contributed by atoms with van der Waals surface area (Å²) in [6.07, 6.45) is 3.24. The molecule has 0 aliphatic heterocycles. The summed E-state index contributed by atoms with van der Waals surface area (Å²) in [4.78, 5) is 2.00. The summed E-state index contributed by atoms with van der Waals surface area (Å²) in [5.74, 6) is 0. The van der Waals surface area contributed by atoms with Gasteiger partial charge in [0.05, 0.1) is 23.9 Å². The van der Waals surface area contributed by atoms with E-state index in [-0.39, 0.29) is 10.6 Å². The summed E-state index contributed by atoms with van der Waals surface area (Å²) in [7, 11) is 1.26. The van der Waals surface area contributed by atoms with Gasteiger partial charge < -0.3 is 15.1 Å². The Hall–Kier alpha value is -1.99. The Morgan fingerprint density at radius 1 is 1.19 bits per heavy atom. The zero-order chi connectivity index (χ0) is 15.6. The molecule has 0 radical (unpaired) electrons. The molecule has 0 bridgehead atoms. The van der Waals surface area contributed by atoms with Crippen LogP contribution in [0.3, 0.4) is 0 Å². The molecule has 1 aromatic carbocycles. The second kappa shape index (κ2) is 5.79. The van der Waals surface area contributed by atoms with Crippen LogP contribution < -0.4 is 10.6 Å². The highest BCUT2D eigenvalue weighted by molar-refractivity contribution is 7.89. The lowest BCUT2D eigenvalue weighted by Gasteiger charge is -2.22. The summed E-state index contributed by atoms with van der Waals surface area (Å²) in [6.45, 7) is 0.576. The molecule has 0 unspecified atom stereocenters. The number of furan rings is 1. The maximum absolute atomic E-state index is 12.3. The fourth-order valence-corrected chi connectivity index (χ4v) is 3.05. The van der Waals surface area contributed by atoms with Crippen molar-refractivity contribution >= 4 is 21.4 Å². The first kappa shape index (κ1) is 15.4. The molecule has 0 spiro atoms. The lowest BCUT2D eigenvalue weighted by molar-refractivity contribution is 0.521. The van der Waals surface area contributed by atoms with E-state index >= 15 is 0 Å². The first-order valence-electron chi connectivity index (χ1n) is 6.37. The van der Waals surface area contributed by atoms with Gasteiger partial charge in [-0.05, 0) is 18.2 Å². The number of benzene rings is 1. The maximum Gasteiger partial charge on any atom is 0.244 e. The number of anilines is 2. The Bertz CT molecular complexity index is 709. The molecule has 2 rings (SSSR count). The maximum atomic E-state index is 12.3. The zero-order valence-corrected chi connectivity index (χ0v) is 13.1. The van der Waals surface area contributed by atoms with Gasteiger partial charge in [0, 0.05) is 33.3 Å². The number of sulfonamides is 1. The van der Waals surface area contributed by atoms with Crippen LogP contribution in [-0.4, -0.2) is 33.9 Å². The molecule has 0 fully saturated rings. The molecule has 114 valence electrons. The van der Waals surface area contributed by atoms with Crippen LogP contribution in [-0.2, 0) is 16.6 Å². The average Bonchev–Trinajstić information content (AvgIpc) is 2.91. The van der Waals surface area contributed by atoms with Gasteiger partial charge in [-0.25, -0.2) is 12.7 Å². The molecular weight excluding hydrogens is 290 g/mol. The molecule has 1 heterocycles. The highest BCUT2D eigenvalue weighted by Gasteiger charge is 2.22. The second-order valence-electron chi connectivity index (χ2n) is 4.96. The van der Waals surface area contributed by atoms with Crippen LogP contribution in [0, 0.1) is 0 Å². The predicted octanol–water partition coefficient (Wildman–Crippen LogP) is 1.75. The van der Waals surface area contributed by atoms with Crippen LogP contribution in [0.25, 0.3) is 0 Å². The molecule has 2 aromatic rings. The number of nitrogen functional groups attached to an aromatic ring is 1. The van der Waals surface area contributed by atoms with Crippen molar-refractivity contribution in [3.8, 4) is 0 Å². The Balaban J connectivity index is 2.38. The number of para-hydroxylation sites is 1. The quantitative estimate of drug-likeness (QED) is 0.851. The van der Waals surface area contributed by atoms with Crippen molar-refractivity contribution in [1.82, 2.24) is 4.31 Å². The fourth-order valence-electron chi connectivity index (χ4n) is 2.03. The van der Waals surface area contributed by atoms with Crippen molar-refractivity contribution in [3.63, 3.8) is 0 Å². The third-order valence-corrected chi connectivity index (χ3v) is 5.09. The van der Waals surface area contributed by atoms with Crippen LogP contribution >= 0.6 is 0 Å². The van der Waals surface area contributed by atoms with E-state index in [0.717, 1.165) is 9.87 Å². The van der Waals surface area contributed by atoms with E-state index in [1.807, 2.05) is 18.0 Å². The van der Waals surface area contributed by atoms with Gasteiger partial charge in [0.15, 0.2) is 0 Å². The Morgan fingerprint density at radius 2 is 1.90 bits per heavy atom. The van der Waals surface area contributed by atoms with Crippen molar-refractivity contribution in [2.24, 2.45) is 0 Å². The van der Waals surface area contributed by atoms with Crippen molar-refractivity contribution in [1.29, 1.82) is 0 Å². The molecule has 0 aliphatic rings. The van der Waals surface area contributed by atoms with Gasteiger partial charge in [-0.3, -0.25) is 0 Å². The zero-order valence-electron chi connectivity index (χ0n) is 12.3. The highest BCUT2D eigenvalue weighted by atomic mass is 32.2. The van der Waals surface area contributed by atoms with Gasteiger partial charge >= 0.3 is 0 Å². The van der Waals surface area contributed by atoms with E-state index in [2.05, 4.69) is 0 Å². The van der Waals surface area contributed by atoms with Gasteiger partial charge in [-0.1, -0.05) is 6.07 Å². The fraction of sp³-hybridized carbons (Fsp3) is 0.286. The number of rotatable bonds is 5. The Kier molecular flexibility index (Phi) is 4.24. The van der Waals surface area contributed by atoms with Crippen molar-refractivity contribution in [3.05, 3.63) is 42.4 Å². The first-order chi connectivity index (χ1) is 9.84. The Labute approximate surface area is 124 Å². The minimum atomic E-state index is -3.56. The largest absolute Gasteiger partial charge is 0.472 e. The molecule has 0 aliphatic carbocycles. The third kappa shape index (κ3) is 3.03. The van der Waals surface area contributed by atoms with Crippen molar-refractivity contribution in [2.75, 3.05) is 31.8 Å². The van der Waals surface area contributed by atoms with Crippen LogP contribution in [0.2, 0.25) is 0 Å². The summed E-state index contributed by atoms with van der Waals surface area (Å²) in [5.41, 5.74) is 7.96. The van der Waals surface area contributed by atoms with E-state index in [1.165, 1.54) is 20.2 Å². The summed E-state index contributed by atoms with van der Waals surface area (Å²) >= 11 is 0. The molecule has 21 heavy (non-hydrogen) atoms.